The summed E-state index contributed by atoms with van der Waals surface area (Å²) in [6.07, 6.45) is -2.21. The Hall–Kier alpha value is -3.12. The van der Waals surface area contributed by atoms with Gasteiger partial charge in [0.15, 0.2) is 5.69 Å². The first kappa shape index (κ1) is 28.1. The first-order valence-corrected chi connectivity index (χ1v) is 11.4. The van der Waals surface area contributed by atoms with Crippen molar-refractivity contribution in [2.75, 3.05) is 44.8 Å². The lowest BCUT2D eigenvalue weighted by Gasteiger charge is -2.22. The number of rotatable bonds is 14. The van der Waals surface area contributed by atoms with Crippen LogP contribution in [0.3, 0.4) is 0 Å². The summed E-state index contributed by atoms with van der Waals surface area (Å²) in [5.74, 6) is -0.312. The molecule has 12 heteroatoms. The third-order valence-corrected chi connectivity index (χ3v) is 4.71. The van der Waals surface area contributed by atoms with Crippen molar-refractivity contribution in [3.8, 4) is 0 Å². The lowest BCUT2D eigenvalue weighted by Crippen LogP contribution is -2.36. The minimum absolute atomic E-state index is 0.000781. The van der Waals surface area contributed by atoms with Crippen LogP contribution in [0.2, 0.25) is 0 Å². The second-order valence-corrected chi connectivity index (χ2v) is 7.41. The zero-order chi connectivity index (χ0) is 25.7. The smallest absolute Gasteiger partial charge is 0.416 e. The molecular weight excluding hydrogens is 469 g/mol. The standard InChI is InChI=1S/C23H31F3N4O5/c1-3-33-12-6-10-27-21(31)19-16-35-20(29-19)15-30(11-7-13-34-4-2)22(32)28-18-9-5-8-17(14-18)23(24,25)26/h5,8-9,14,16H,3-4,6-7,10-13,15H2,1-2H3,(H,27,31)(H,28,32). The zero-order valence-electron chi connectivity index (χ0n) is 19.8. The quantitative estimate of drug-likeness (QED) is 0.375. The van der Waals surface area contributed by atoms with Crippen LogP contribution in [0.1, 0.15) is 48.6 Å². The van der Waals surface area contributed by atoms with Crippen LogP contribution >= 0.6 is 0 Å². The molecule has 1 heterocycles. The van der Waals surface area contributed by atoms with E-state index >= 15 is 0 Å². The molecule has 35 heavy (non-hydrogen) atoms. The summed E-state index contributed by atoms with van der Waals surface area (Å²) >= 11 is 0. The molecule has 0 bridgehead atoms. The van der Waals surface area contributed by atoms with Crippen LogP contribution in [0.4, 0.5) is 23.7 Å². The van der Waals surface area contributed by atoms with Crippen molar-refractivity contribution in [2.45, 2.75) is 39.4 Å². The maximum Gasteiger partial charge on any atom is 0.416 e. The van der Waals surface area contributed by atoms with Gasteiger partial charge in [-0.1, -0.05) is 6.07 Å². The molecule has 0 aliphatic heterocycles. The number of anilines is 1. The minimum atomic E-state index is -4.53. The Bertz CT molecular complexity index is 936. The Morgan fingerprint density at radius 1 is 1.11 bits per heavy atom. The second-order valence-electron chi connectivity index (χ2n) is 7.41. The predicted octanol–water partition coefficient (Wildman–Crippen LogP) is 4.31. The maximum absolute atomic E-state index is 13.0. The number of halogens is 3. The molecule has 1 aromatic carbocycles. The van der Waals surface area contributed by atoms with Gasteiger partial charge in [0.25, 0.3) is 5.91 Å². The molecule has 0 atom stereocenters. The SMILES string of the molecule is CCOCCCNC(=O)c1coc(CN(CCCOCC)C(=O)Nc2cccc(C(F)(F)F)c2)n1. The number of aromatic nitrogens is 1. The number of carbonyl (C=O) groups excluding carboxylic acids is 2. The van der Waals surface area contributed by atoms with Crippen LogP contribution in [0.25, 0.3) is 0 Å². The van der Waals surface area contributed by atoms with Crippen LogP contribution in [0.5, 0.6) is 0 Å². The number of carbonyl (C=O) groups is 2. The average molecular weight is 501 g/mol. The summed E-state index contributed by atoms with van der Waals surface area (Å²) in [6.45, 7) is 6.31. The third-order valence-electron chi connectivity index (χ3n) is 4.71. The number of nitrogens with zero attached hydrogens (tertiary/aromatic N) is 2. The van der Waals surface area contributed by atoms with E-state index in [2.05, 4.69) is 15.6 Å². The molecule has 0 aliphatic carbocycles. The Labute approximate surface area is 202 Å². The first-order valence-electron chi connectivity index (χ1n) is 11.4. The van der Waals surface area contributed by atoms with E-state index in [9.17, 15) is 22.8 Å². The minimum Gasteiger partial charge on any atom is -0.446 e. The number of ether oxygens (including phenoxy) is 2. The van der Waals surface area contributed by atoms with Gasteiger partial charge in [0, 0.05) is 45.2 Å². The van der Waals surface area contributed by atoms with Crippen molar-refractivity contribution >= 4 is 17.6 Å². The topological polar surface area (TPSA) is 106 Å². The lowest BCUT2D eigenvalue weighted by molar-refractivity contribution is -0.137. The van der Waals surface area contributed by atoms with Gasteiger partial charge in [-0.15, -0.1) is 0 Å². The van der Waals surface area contributed by atoms with Crippen LogP contribution in [0, 0.1) is 0 Å². The third kappa shape index (κ3) is 9.95. The van der Waals surface area contributed by atoms with Crippen molar-refractivity contribution < 1.29 is 36.7 Å². The van der Waals surface area contributed by atoms with Gasteiger partial charge in [0.2, 0.25) is 5.89 Å². The van der Waals surface area contributed by atoms with E-state index in [-0.39, 0.29) is 30.4 Å². The fourth-order valence-corrected chi connectivity index (χ4v) is 2.99. The monoisotopic (exact) mass is 500 g/mol. The molecule has 3 amide bonds. The highest BCUT2D eigenvalue weighted by atomic mass is 19.4. The van der Waals surface area contributed by atoms with Crippen molar-refractivity contribution in [1.82, 2.24) is 15.2 Å². The van der Waals surface area contributed by atoms with Gasteiger partial charge >= 0.3 is 12.2 Å². The molecular formula is C23H31F3N4O5. The van der Waals surface area contributed by atoms with E-state index in [1.54, 1.807) is 0 Å². The van der Waals surface area contributed by atoms with E-state index in [4.69, 9.17) is 13.9 Å². The van der Waals surface area contributed by atoms with E-state index in [0.29, 0.717) is 45.8 Å². The van der Waals surface area contributed by atoms with Crippen molar-refractivity contribution in [3.05, 3.63) is 47.7 Å². The molecule has 2 rings (SSSR count). The fourth-order valence-electron chi connectivity index (χ4n) is 2.99. The zero-order valence-corrected chi connectivity index (χ0v) is 19.8. The van der Waals surface area contributed by atoms with E-state index in [1.165, 1.54) is 23.3 Å². The molecule has 0 saturated heterocycles. The largest absolute Gasteiger partial charge is 0.446 e. The van der Waals surface area contributed by atoms with Crippen molar-refractivity contribution in [1.29, 1.82) is 0 Å². The molecule has 9 nitrogen and oxygen atoms in total. The number of amides is 3. The number of benzene rings is 1. The number of oxazole rings is 1. The molecule has 0 unspecified atom stereocenters. The summed E-state index contributed by atoms with van der Waals surface area (Å²) < 4.78 is 54.8. The molecule has 2 N–H and O–H groups in total. The number of hydrogen-bond donors (Lipinski definition) is 2. The van der Waals surface area contributed by atoms with E-state index < -0.39 is 23.7 Å². The number of nitrogens with one attached hydrogen (secondary N) is 2. The van der Waals surface area contributed by atoms with E-state index in [1.807, 2.05) is 13.8 Å². The number of alkyl halides is 3. The molecule has 0 spiro atoms. The van der Waals surface area contributed by atoms with Crippen LogP contribution in [-0.4, -0.2) is 61.3 Å². The predicted molar refractivity (Wildman–Crippen MR) is 122 cm³/mol. The molecule has 194 valence electrons. The van der Waals surface area contributed by atoms with Gasteiger partial charge in [0.1, 0.15) is 6.26 Å². The summed E-state index contributed by atoms with van der Waals surface area (Å²) in [4.78, 5) is 30.5. The second kappa shape index (κ2) is 14.3. The summed E-state index contributed by atoms with van der Waals surface area (Å²) in [7, 11) is 0. The molecule has 0 fully saturated rings. The average Bonchev–Trinajstić information content (AvgIpc) is 3.29. The highest BCUT2D eigenvalue weighted by molar-refractivity contribution is 5.92. The first-order chi connectivity index (χ1) is 16.7. The molecule has 0 aliphatic rings. The van der Waals surface area contributed by atoms with Gasteiger partial charge < -0.3 is 29.4 Å². The normalized spacial score (nSPS) is 11.3. The van der Waals surface area contributed by atoms with Gasteiger partial charge in [-0.3, -0.25) is 4.79 Å². The number of urea groups is 1. The Kier molecular flexibility index (Phi) is 11.5. The summed E-state index contributed by atoms with van der Waals surface area (Å²) in [5, 5.41) is 5.18. The number of hydrogen-bond acceptors (Lipinski definition) is 6. The summed E-state index contributed by atoms with van der Waals surface area (Å²) in [5.41, 5.74) is -0.814. The Morgan fingerprint density at radius 3 is 2.51 bits per heavy atom. The highest BCUT2D eigenvalue weighted by Crippen LogP contribution is 2.30. The van der Waals surface area contributed by atoms with Gasteiger partial charge in [0.05, 0.1) is 12.1 Å². The lowest BCUT2D eigenvalue weighted by atomic mass is 10.2. The molecule has 0 radical (unpaired) electrons. The molecule has 1 aromatic heterocycles. The van der Waals surface area contributed by atoms with Crippen molar-refractivity contribution in [2.24, 2.45) is 0 Å². The van der Waals surface area contributed by atoms with Gasteiger partial charge in [-0.05, 0) is 44.9 Å². The summed E-state index contributed by atoms with van der Waals surface area (Å²) in [6, 6.07) is 3.72. The highest BCUT2D eigenvalue weighted by Gasteiger charge is 2.30. The van der Waals surface area contributed by atoms with Crippen LogP contribution < -0.4 is 10.6 Å². The van der Waals surface area contributed by atoms with Gasteiger partial charge in [-0.2, -0.15) is 13.2 Å². The Balaban J connectivity index is 2.02. The van der Waals surface area contributed by atoms with Crippen molar-refractivity contribution in [3.63, 3.8) is 0 Å². The maximum atomic E-state index is 13.0. The van der Waals surface area contributed by atoms with E-state index in [0.717, 1.165) is 12.1 Å². The van der Waals surface area contributed by atoms with Crippen LogP contribution in [-0.2, 0) is 22.2 Å². The fraction of sp³-hybridized carbons (Fsp3) is 0.522. The van der Waals surface area contributed by atoms with Gasteiger partial charge in [-0.25, -0.2) is 9.78 Å². The Morgan fingerprint density at radius 2 is 1.83 bits per heavy atom. The molecule has 0 saturated carbocycles. The van der Waals surface area contributed by atoms with Crippen LogP contribution in [0.15, 0.2) is 34.9 Å². The molecule has 2 aromatic rings.